The Balaban J connectivity index is 0.000000148. The van der Waals surface area contributed by atoms with Crippen LogP contribution in [0.15, 0.2) is 82.3 Å². The van der Waals surface area contributed by atoms with Crippen LogP contribution in [0.3, 0.4) is 0 Å². The first-order valence-corrected chi connectivity index (χ1v) is 24.7. The molecule has 5 aromatic rings. The Morgan fingerprint density at radius 1 is 0.725 bits per heavy atom. The van der Waals surface area contributed by atoms with Crippen LogP contribution in [0.1, 0.15) is 83.2 Å². The first-order chi connectivity index (χ1) is 33.3. The summed E-state index contributed by atoms with van der Waals surface area (Å²) < 4.78 is 57.2. The molecule has 6 aliphatic rings. The number of carbonyl (C=O) groups is 1. The minimum absolute atomic E-state index is 0.0843. The summed E-state index contributed by atoms with van der Waals surface area (Å²) in [6, 6.07) is 15.3. The van der Waals surface area contributed by atoms with Crippen LogP contribution < -0.4 is 20.0 Å². The van der Waals surface area contributed by atoms with Crippen LogP contribution in [-0.4, -0.2) is 123 Å². The van der Waals surface area contributed by atoms with Gasteiger partial charge in [0, 0.05) is 111 Å². The third-order valence-corrected chi connectivity index (χ3v) is 14.3. The number of carbonyl (C=O) groups excluding carboxylic acids is 1. The Hall–Kier alpha value is -4.73. The fraction of sp³-hybridized carbons (Fsp3) is 0.460. The number of nitrogens with zero attached hydrogens (tertiary/aromatic N) is 7. The largest absolute Gasteiger partial charge is 0.387 e. The lowest BCUT2D eigenvalue weighted by molar-refractivity contribution is 0.0127. The van der Waals surface area contributed by atoms with Crippen molar-refractivity contribution in [3.8, 4) is 11.1 Å². The fourth-order valence-corrected chi connectivity index (χ4v) is 10.6. The Labute approximate surface area is 417 Å². The molecule has 1 amide bonds. The molecule has 1 aromatic carbocycles. The molecule has 6 aliphatic heterocycles. The summed E-state index contributed by atoms with van der Waals surface area (Å²) in [7, 11) is 3.45. The van der Waals surface area contributed by atoms with Gasteiger partial charge >= 0.3 is 0 Å². The van der Waals surface area contributed by atoms with Gasteiger partial charge in [-0.1, -0.05) is 6.07 Å². The molecule has 6 atom stereocenters. The molecule has 0 aliphatic carbocycles. The maximum Gasteiger partial charge on any atom is 0.286 e. The number of alkyl halides is 2. The van der Waals surface area contributed by atoms with Crippen LogP contribution in [-0.2, 0) is 29.6 Å². The van der Waals surface area contributed by atoms with Crippen molar-refractivity contribution in [1.82, 2.24) is 19.9 Å². The molecule has 69 heavy (non-hydrogen) atoms. The molecule has 19 heteroatoms. The van der Waals surface area contributed by atoms with Crippen molar-refractivity contribution in [3.05, 3.63) is 116 Å². The average Bonchev–Trinajstić information content (AvgIpc) is 3.36. The predicted molar refractivity (Wildman–Crippen MR) is 264 cm³/mol. The maximum atomic E-state index is 13.7. The predicted octanol–water partition coefficient (Wildman–Crippen LogP) is 8.74. The lowest BCUT2D eigenvalue weighted by atomic mass is 9.93. The fourth-order valence-electron chi connectivity index (χ4n) is 9.96. The van der Waals surface area contributed by atoms with Gasteiger partial charge in [0.1, 0.15) is 24.0 Å². The van der Waals surface area contributed by atoms with Crippen LogP contribution in [0.2, 0.25) is 0 Å². The highest BCUT2D eigenvalue weighted by molar-refractivity contribution is 9.10. The van der Waals surface area contributed by atoms with Gasteiger partial charge in [-0.3, -0.25) is 24.7 Å². The lowest BCUT2D eigenvalue weighted by Gasteiger charge is -2.43. The van der Waals surface area contributed by atoms with Crippen molar-refractivity contribution in [2.75, 3.05) is 93.5 Å². The highest BCUT2D eigenvalue weighted by atomic mass is 79.9. The molecule has 3 saturated heterocycles. The van der Waals surface area contributed by atoms with E-state index in [0.29, 0.717) is 38.0 Å². The smallest absolute Gasteiger partial charge is 0.286 e. The molecular formula is C50H56Br2F2N8O7. The van der Waals surface area contributed by atoms with Gasteiger partial charge in [0.2, 0.25) is 0 Å². The summed E-state index contributed by atoms with van der Waals surface area (Å²) in [6.07, 6.45) is 8.65. The number of benzene rings is 1. The highest BCUT2D eigenvalue weighted by Gasteiger charge is 2.38. The third-order valence-electron chi connectivity index (χ3n) is 13.5. The van der Waals surface area contributed by atoms with Crippen molar-refractivity contribution >= 4 is 60.5 Å². The number of amides is 1. The van der Waals surface area contributed by atoms with Gasteiger partial charge in [-0.25, -0.2) is 0 Å². The molecule has 0 saturated carbocycles. The molecule has 0 radical (unpaired) electrons. The number of aryl methyl sites for hydroxylation is 1. The molecule has 366 valence electrons. The van der Waals surface area contributed by atoms with Gasteiger partial charge in [-0.05, 0) is 92.4 Å². The van der Waals surface area contributed by atoms with Crippen molar-refractivity contribution in [3.63, 3.8) is 0 Å². The normalized spacial score (nSPS) is 23.5. The molecule has 11 rings (SSSR count). The molecule has 2 N–H and O–H groups in total. The first kappa shape index (κ1) is 49.3. The first-order valence-electron chi connectivity index (χ1n) is 23.1. The van der Waals surface area contributed by atoms with E-state index in [1.54, 1.807) is 26.5 Å². The van der Waals surface area contributed by atoms with Crippen LogP contribution in [0.4, 0.5) is 31.5 Å². The van der Waals surface area contributed by atoms with Gasteiger partial charge in [-0.2, -0.15) is 8.78 Å². The van der Waals surface area contributed by atoms with E-state index in [4.69, 9.17) is 28.7 Å². The summed E-state index contributed by atoms with van der Waals surface area (Å²) in [5.41, 5.74) is 9.11. The molecule has 4 aromatic heterocycles. The Kier molecular flexibility index (Phi) is 15.2. The number of hydrogen-bond acceptors (Lipinski definition) is 14. The maximum absolute atomic E-state index is 13.7. The van der Waals surface area contributed by atoms with E-state index >= 15 is 0 Å². The SMILES string of the molecule is COC1CC2COCCN2c2cc(-c3cc(NC(=O)c4ccnc(C(C)(F)F)c4)ccc3C)cnc21.COC1CC2COCCN2c2cc(Br)cnc21.OC1CC2COCCN2c2cc(Br)cnc21. The second kappa shape index (κ2) is 21.3. The lowest BCUT2D eigenvalue weighted by Crippen LogP contribution is -2.49. The zero-order valence-electron chi connectivity index (χ0n) is 38.9. The van der Waals surface area contributed by atoms with E-state index in [1.807, 2.05) is 37.5 Å². The summed E-state index contributed by atoms with van der Waals surface area (Å²) in [5, 5.41) is 12.9. The number of rotatable bonds is 6. The zero-order chi connectivity index (χ0) is 48.4. The average molecular weight is 1080 g/mol. The topological polar surface area (TPSA) is 157 Å². The number of hydrogen-bond donors (Lipinski definition) is 2. The van der Waals surface area contributed by atoms with Gasteiger partial charge in [0.05, 0.1) is 91.9 Å². The third kappa shape index (κ3) is 10.8. The number of nitrogens with one attached hydrogen (secondary N) is 1. The van der Waals surface area contributed by atoms with Gasteiger partial charge in [0.15, 0.2) is 0 Å². The monoisotopic (exact) mass is 1080 g/mol. The minimum Gasteiger partial charge on any atom is -0.387 e. The van der Waals surface area contributed by atoms with E-state index in [9.17, 15) is 18.7 Å². The van der Waals surface area contributed by atoms with E-state index in [1.165, 1.54) is 18.0 Å². The minimum atomic E-state index is -3.13. The van der Waals surface area contributed by atoms with Crippen LogP contribution in [0.25, 0.3) is 11.1 Å². The van der Waals surface area contributed by atoms with E-state index in [2.05, 4.69) is 79.0 Å². The number of aromatic nitrogens is 4. The summed E-state index contributed by atoms with van der Waals surface area (Å²) in [5.74, 6) is -3.62. The number of halogens is 4. The molecule has 10 heterocycles. The number of methoxy groups -OCH3 is 2. The second-order valence-corrected chi connectivity index (χ2v) is 19.8. The van der Waals surface area contributed by atoms with Crippen molar-refractivity contribution in [2.45, 2.75) is 75.5 Å². The van der Waals surface area contributed by atoms with Crippen molar-refractivity contribution in [1.29, 1.82) is 0 Å². The number of aliphatic hydroxyl groups is 1. The van der Waals surface area contributed by atoms with Gasteiger partial charge in [0.25, 0.3) is 11.8 Å². The number of aliphatic hydroxyl groups excluding tert-OH is 1. The summed E-state index contributed by atoms with van der Waals surface area (Å²) in [4.78, 5) is 37.1. The molecular weight excluding hydrogens is 1020 g/mol. The standard InChI is InChI=1S/C27H28F2N4O3.C12H15BrN2O2.C11H13BrN2O2/c1-16-4-5-19(32-26(34)17-6-7-30-24(11-17)27(2,28)29)12-21(16)18-10-22-25(31-14-18)23(35-3)13-20-15-36-9-8-33(20)22;1-16-11-5-9-7-17-3-2-15(9)10-4-8(13)6-14-12(10)11;12-7-3-9-11(13-5-7)10(15)4-8-6-16-2-1-14(8)9/h4-7,10-12,14,20,23H,8-9,13,15H2,1-3H3,(H,32,34);4,6,9,11H,2-3,5,7H2,1H3;3,5,8,10,15H,1-2,4,6H2. The van der Waals surface area contributed by atoms with E-state index in [0.717, 1.165) is 119 Å². The number of pyridine rings is 4. The Bertz CT molecular complexity index is 2650. The molecule has 0 spiro atoms. The Morgan fingerprint density at radius 2 is 1.25 bits per heavy atom. The van der Waals surface area contributed by atoms with Gasteiger partial charge in [-0.15, -0.1) is 0 Å². The van der Waals surface area contributed by atoms with Crippen LogP contribution >= 0.6 is 31.9 Å². The number of ether oxygens (including phenoxy) is 5. The highest BCUT2D eigenvalue weighted by Crippen LogP contribution is 2.43. The Morgan fingerprint density at radius 3 is 1.81 bits per heavy atom. The van der Waals surface area contributed by atoms with E-state index < -0.39 is 23.6 Å². The molecule has 0 bridgehead atoms. The van der Waals surface area contributed by atoms with Crippen LogP contribution in [0.5, 0.6) is 0 Å². The quantitative estimate of drug-likeness (QED) is 0.166. The van der Waals surface area contributed by atoms with Crippen molar-refractivity contribution in [2.24, 2.45) is 0 Å². The second-order valence-electron chi connectivity index (χ2n) is 18.0. The van der Waals surface area contributed by atoms with Crippen LogP contribution in [0, 0.1) is 6.92 Å². The zero-order valence-corrected chi connectivity index (χ0v) is 42.1. The molecule has 6 unspecified atom stereocenters. The van der Waals surface area contributed by atoms with Gasteiger partial charge < -0.3 is 48.8 Å². The molecule has 15 nitrogen and oxygen atoms in total. The van der Waals surface area contributed by atoms with Crippen molar-refractivity contribution < 1.29 is 42.4 Å². The number of anilines is 4. The summed E-state index contributed by atoms with van der Waals surface area (Å²) in [6.45, 7) is 9.70. The number of fused-ring (bicyclic) bond motifs is 9. The van der Waals surface area contributed by atoms with E-state index in [-0.39, 0.29) is 29.9 Å². The molecule has 3 fully saturated rings. The summed E-state index contributed by atoms with van der Waals surface area (Å²) >= 11 is 6.91. The number of morpholine rings is 3.